The standard InChI is InChI=1S/C32H29Cl2N3O5/c1-3-40-30-16-24(11-14-29(30)41-19-22-7-5-4-6-8-22)32(39)37-35-18-23-10-13-28(27(34)15-23)42-20-31(38)36-25-12-9-21(2)26(33)17-25/h4-18H,3,19-20H2,1-2H3,(H,36,38)(H,37,39)/b35-18+. The van der Waals surface area contributed by atoms with Gasteiger partial charge in [-0.3, -0.25) is 9.59 Å². The molecule has 4 aromatic rings. The van der Waals surface area contributed by atoms with Gasteiger partial charge < -0.3 is 19.5 Å². The molecule has 0 heterocycles. The van der Waals surface area contributed by atoms with E-state index in [2.05, 4.69) is 15.8 Å². The first kappa shape index (κ1) is 30.4. The molecule has 10 heteroatoms. The number of benzene rings is 4. The minimum atomic E-state index is -0.422. The number of hydrazone groups is 1. The van der Waals surface area contributed by atoms with E-state index in [1.807, 2.05) is 50.2 Å². The summed E-state index contributed by atoms with van der Waals surface area (Å²) in [5.74, 6) is 0.544. The van der Waals surface area contributed by atoms with Gasteiger partial charge in [0, 0.05) is 16.3 Å². The molecule has 2 N–H and O–H groups in total. The van der Waals surface area contributed by atoms with E-state index in [1.54, 1.807) is 48.5 Å². The maximum absolute atomic E-state index is 12.7. The van der Waals surface area contributed by atoms with Crippen molar-refractivity contribution < 1.29 is 23.8 Å². The number of carbonyl (C=O) groups excluding carboxylic acids is 2. The van der Waals surface area contributed by atoms with Crippen molar-refractivity contribution in [1.82, 2.24) is 5.43 Å². The number of hydrogen-bond donors (Lipinski definition) is 2. The maximum atomic E-state index is 12.7. The molecule has 216 valence electrons. The van der Waals surface area contributed by atoms with E-state index in [0.29, 0.717) is 52.3 Å². The summed E-state index contributed by atoms with van der Waals surface area (Å²) in [6, 6.07) is 24.9. The SMILES string of the molecule is CCOc1cc(C(=O)N/N=C/c2ccc(OCC(=O)Nc3ccc(C)c(Cl)c3)c(Cl)c2)ccc1OCc1ccccc1. The zero-order valence-electron chi connectivity index (χ0n) is 23.0. The second-order valence-electron chi connectivity index (χ2n) is 9.06. The van der Waals surface area contributed by atoms with E-state index in [4.69, 9.17) is 37.4 Å². The molecule has 0 unspecified atom stereocenters. The Morgan fingerprint density at radius 1 is 0.833 bits per heavy atom. The second-order valence-corrected chi connectivity index (χ2v) is 9.87. The van der Waals surface area contributed by atoms with Gasteiger partial charge in [0.2, 0.25) is 0 Å². The van der Waals surface area contributed by atoms with Crippen LogP contribution in [0.3, 0.4) is 0 Å². The topological polar surface area (TPSA) is 98.3 Å². The lowest BCUT2D eigenvalue weighted by Gasteiger charge is -2.13. The normalized spacial score (nSPS) is 10.8. The summed E-state index contributed by atoms with van der Waals surface area (Å²) in [5, 5.41) is 7.59. The molecule has 0 spiro atoms. The number of rotatable bonds is 12. The highest BCUT2D eigenvalue weighted by Gasteiger charge is 2.12. The van der Waals surface area contributed by atoms with Gasteiger partial charge in [0.1, 0.15) is 12.4 Å². The van der Waals surface area contributed by atoms with E-state index < -0.39 is 5.91 Å². The van der Waals surface area contributed by atoms with E-state index in [1.165, 1.54) is 6.21 Å². The molecule has 0 fully saturated rings. The average Bonchev–Trinajstić information content (AvgIpc) is 2.98. The van der Waals surface area contributed by atoms with Gasteiger partial charge in [-0.15, -0.1) is 0 Å². The molecule has 0 saturated heterocycles. The highest BCUT2D eigenvalue weighted by molar-refractivity contribution is 6.32. The number of halogens is 2. The van der Waals surface area contributed by atoms with Crippen molar-refractivity contribution in [3.05, 3.63) is 117 Å². The summed E-state index contributed by atoms with van der Waals surface area (Å²) in [6.45, 7) is 4.28. The first-order valence-corrected chi connectivity index (χ1v) is 13.8. The van der Waals surface area contributed by atoms with Crippen LogP contribution in [0, 0.1) is 6.92 Å². The van der Waals surface area contributed by atoms with Gasteiger partial charge in [-0.1, -0.05) is 59.6 Å². The lowest BCUT2D eigenvalue weighted by Crippen LogP contribution is -2.20. The molecule has 0 aliphatic heterocycles. The number of nitrogens with one attached hydrogen (secondary N) is 2. The highest BCUT2D eigenvalue weighted by Crippen LogP contribution is 2.29. The quantitative estimate of drug-likeness (QED) is 0.133. The van der Waals surface area contributed by atoms with Gasteiger partial charge in [-0.05, 0) is 79.1 Å². The van der Waals surface area contributed by atoms with E-state index >= 15 is 0 Å². The minimum absolute atomic E-state index is 0.242. The number of hydrogen-bond acceptors (Lipinski definition) is 6. The van der Waals surface area contributed by atoms with Crippen LogP contribution in [0.4, 0.5) is 5.69 Å². The Labute approximate surface area is 254 Å². The van der Waals surface area contributed by atoms with E-state index in [-0.39, 0.29) is 17.5 Å². The Balaban J connectivity index is 1.30. The van der Waals surface area contributed by atoms with Crippen LogP contribution in [0.1, 0.15) is 34.0 Å². The molecule has 0 aliphatic rings. The molecule has 0 aliphatic carbocycles. The summed E-state index contributed by atoms with van der Waals surface area (Å²) in [4.78, 5) is 25.0. The Morgan fingerprint density at radius 2 is 1.62 bits per heavy atom. The van der Waals surface area contributed by atoms with Crippen LogP contribution in [0.25, 0.3) is 0 Å². The second kappa shape index (κ2) is 14.9. The molecule has 0 radical (unpaired) electrons. The van der Waals surface area contributed by atoms with Crippen molar-refractivity contribution in [3.8, 4) is 17.2 Å². The Kier molecular flexibility index (Phi) is 10.8. The molecule has 0 aromatic heterocycles. The van der Waals surface area contributed by atoms with Crippen molar-refractivity contribution in [3.63, 3.8) is 0 Å². The van der Waals surface area contributed by atoms with Crippen LogP contribution in [0.15, 0.2) is 90.0 Å². The summed E-state index contributed by atoms with van der Waals surface area (Å²) in [7, 11) is 0. The number of carbonyl (C=O) groups is 2. The third kappa shape index (κ3) is 8.73. The largest absolute Gasteiger partial charge is 0.490 e. The van der Waals surface area contributed by atoms with Crippen LogP contribution in [-0.4, -0.2) is 31.2 Å². The van der Waals surface area contributed by atoms with Crippen molar-refractivity contribution in [2.45, 2.75) is 20.5 Å². The predicted molar refractivity (Wildman–Crippen MR) is 165 cm³/mol. The lowest BCUT2D eigenvalue weighted by molar-refractivity contribution is -0.118. The first-order valence-electron chi connectivity index (χ1n) is 13.1. The van der Waals surface area contributed by atoms with Crippen LogP contribution in [0.5, 0.6) is 17.2 Å². The molecule has 4 rings (SSSR count). The number of ether oxygens (including phenoxy) is 3. The number of anilines is 1. The predicted octanol–water partition coefficient (Wildman–Crippen LogP) is 7.06. The zero-order valence-corrected chi connectivity index (χ0v) is 24.5. The van der Waals surface area contributed by atoms with E-state index in [0.717, 1.165) is 11.1 Å². The summed E-state index contributed by atoms with van der Waals surface area (Å²) in [5.41, 5.74) is 5.97. The first-order chi connectivity index (χ1) is 20.3. The van der Waals surface area contributed by atoms with Crippen molar-refractivity contribution >= 4 is 46.9 Å². The monoisotopic (exact) mass is 605 g/mol. The Morgan fingerprint density at radius 3 is 2.36 bits per heavy atom. The molecular weight excluding hydrogens is 577 g/mol. The maximum Gasteiger partial charge on any atom is 0.271 e. The summed E-state index contributed by atoms with van der Waals surface area (Å²) in [6.07, 6.45) is 1.45. The average molecular weight is 607 g/mol. The van der Waals surface area contributed by atoms with Gasteiger partial charge in [0.25, 0.3) is 11.8 Å². The van der Waals surface area contributed by atoms with Gasteiger partial charge in [0.05, 0.1) is 17.8 Å². The molecular formula is C32H29Cl2N3O5. The molecule has 8 nitrogen and oxygen atoms in total. The fraction of sp³-hybridized carbons (Fsp3) is 0.156. The number of amides is 2. The fourth-order valence-electron chi connectivity index (χ4n) is 3.73. The Bertz CT molecular complexity index is 1580. The van der Waals surface area contributed by atoms with E-state index in [9.17, 15) is 9.59 Å². The molecule has 0 atom stereocenters. The Hall–Kier alpha value is -4.53. The highest BCUT2D eigenvalue weighted by atomic mass is 35.5. The zero-order chi connectivity index (χ0) is 29.9. The van der Waals surface area contributed by atoms with Gasteiger partial charge >= 0.3 is 0 Å². The number of nitrogens with zero attached hydrogens (tertiary/aromatic N) is 1. The third-order valence-electron chi connectivity index (χ3n) is 5.89. The molecule has 4 aromatic carbocycles. The van der Waals surface area contributed by atoms with Crippen molar-refractivity contribution in [2.24, 2.45) is 5.10 Å². The van der Waals surface area contributed by atoms with Crippen LogP contribution in [0.2, 0.25) is 10.0 Å². The summed E-state index contributed by atoms with van der Waals surface area (Å²) >= 11 is 12.4. The number of aryl methyl sites for hydroxylation is 1. The smallest absolute Gasteiger partial charge is 0.271 e. The van der Waals surface area contributed by atoms with Crippen LogP contribution >= 0.6 is 23.2 Å². The lowest BCUT2D eigenvalue weighted by atomic mass is 10.2. The fourth-order valence-corrected chi connectivity index (χ4v) is 4.15. The molecule has 42 heavy (non-hydrogen) atoms. The molecule has 0 saturated carbocycles. The van der Waals surface area contributed by atoms with Crippen molar-refractivity contribution in [2.75, 3.05) is 18.5 Å². The minimum Gasteiger partial charge on any atom is -0.490 e. The van der Waals surface area contributed by atoms with Gasteiger partial charge in [-0.25, -0.2) is 5.43 Å². The van der Waals surface area contributed by atoms with Gasteiger partial charge in [0.15, 0.2) is 18.1 Å². The van der Waals surface area contributed by atoms with Gasteiger partial charge in [-0.2, -0.15) is 5.10 Å². The molecule has 2 amide bonds. The molecule has 0 bridgehead atoms. The third-order valence-corrected chi connectivity index (χ3v) is 6.60. The van der Waals surface area contributed by atoms with Crippen LogP contribution in [-0.2, 0) is 11.4 Å². The van der Waals surface area contributed by atoms with Crippen molar-refractivity contribution in [1.29, 1.82) is 0 Å². The van der Waals surface area contributed by atoms with Crippen LogP contribution < -0.4 is 25.0 Å². The summed E-state index contributed by atoms with van der Waals surface area (Å²) < 4.78 is 17.1.